The normalized spacial score (nSPS) is 12.2. The van der Waals surface area contributed by atoms with Crippen LogP contribution < -0.4 is 3.69 Å². The quantitative estimate of drug-likeness (QED) is 0.617. The Labute approximate surface area is 82.6 Å². The third-order valence-corrected chi connectivity index (χ3v) is 2.87. The van der Waals surface area contributed by atoms with Crippen molar-refractivity contribution in [1.29, 1.82) is 0 Å². The topological polar surface area (TPSA) is 0 Å². The molecule has 1 aromatic rings. The van der Waals surface area contributed by atoms with E-state index in [0.717, 1.165) is 6.07 Å². The molecule has 1 rings (SSSR count). The lowest BCUT2D eigenvalue weighted by molar-refractivity contribution is -0.137. The molecule has 0 aliphatic rings. The van der Waals surface area contributed by atoms with E-state index in [2.05, 4.69) is 0 Å². The van der Waals surface area contributed by atoms with E-state index in [1.807, 2.05) is 0 Å². The number of alkyl halides is 3. The minimum absolute atomic E-state index is 0.330. The van der Waals surface area contributed by atoms with E-state index in [1.165, 1.54) is 12.1 Å². The second-order valence-corrected chi connectivity index (χ2v) is 4.05. The van der Waals surface area contributed by atoms with Crippen LogP contribution in [0.5, 0.6) is 0 Å². The summed E-state index contributed by atoms with van der Waals surface area (Å²) in [6, 6.07) is 3.17. The summed E-state index contributed by atoms with van der Waals surface area (Å²) in [5.74, 6) is 0. The highest BCUT2D eigenvalue weighted by atomic mass is 35.5. The van der Waals surface area contributed by atoms with E-state index >= 15 is 0 Å². The highest BCUT2D eigenvalue weighted by molar-refractivity contribution is 7.01. The van der Waals surface area contributed by atoms with Crippen LogP contribution in [-0.2, 0) is 6.18 Å². The van der Waals surface area contributed by atoms with E-state index in [1.54, 1.807) is 0 Å². The van der Waals surface area contributed by atoms with Crippen molar-refractivity contribution >= 4 is 32.0 Å². The van der Waals surface area contributed by atoms with E-state index < -0.39 is 37.0 Å². The van der Waals surface area contributed by atoms with Gasteiger partial charge in [-0.05, 0) is 0 Å². The minimum atomic E-state index is -4.45. The van der Waals surface area contributed by atoms with Gasteiger partial charge >= 0.3 is 25.4 Å². The molecule has 0 aliphatic heterocycles. The molecule has 0 aromatic heterocycles. The molecule has 0 radical (unpaired) electrons. The van der Waals surface area contributed by atoms with Crippen LogP contribution in [0.25, 0.3) is 0 Å². The van der Waals surface area contributed by atoms with Crippen molar-refractivity contribution in [3.8, 4) is 0 Å². The van der Waals surface area contributed by atoms with Crippen LogP contribution in [0.1, 0.15) is 6.93 Å². The molecule has 0 saturated carbocycles. The molecule has 0 fully saturated rings. The Balaban J connectivity index is 3.24. The fraction of sp³-hybridized carbons (Fsp3) is 0.143. The van der Waals surface area contributed by atoms with Crippen molar-refractivity contribution in [1.82, 2.24) is 0 Å². The van der Waals surface area contributed by atoms with Crippen molar-refractivity contribution in [3.63, 3.8) is 0 Å². The first-order valence-corrected chi connectivity index (χ1v) is 6.03. The molecular formula is C7H4ClF3Mg. The van der Waals surface area contributed by atoms with Gasteiger partial charge in [0, 0.05) is 0 Å². The average Bonchev–Trinajstić information content (AvgIpc) is 2.02. The molecule has 1 aromatic carbocycles. The third-order valence-electron chi connectivity index (χ3n) is 1.30. The van der Waals surface area contributed by atoms with E-state index in [9.17, 15) is 13.2 Å². The lowest BCUT2D eigenvalue weighted by Crippen LogP contribution is -2.13. The maximum atomic E-state index is 12.2. The summed E-state index contributed by atoms with van der Waals surface area (Å²) in [5, 5.41) is 0. The van der Waals surface area contributed by atoms with E-state index in [0.29, 0.717) is 3.69 Å². The zero-order chi connectivity index (χ0) is 10.1. The maximum absolute atomic E-state index is 12.2. The summed E-state index contributed by atoms with van der Waals surface area (Å²) in [6.07, 6.45) is -4.45. The van der Waals surface area contributed by atoms with Crippen molar-refractivity contribution in [2.75, 3.05) is 0 Å². The molecule has 0 nitrogen and oxygen atoms in total. The molecule has 0 aliphatic carbocycles. The maximum Gasteiger partial charge on any atom is 0.538 e. The van der Waals surface area contributed by atoms with Crippen molar-refractivity contribution in [2.45, 2.75) is 6.18 Å². The number of benzene rings is 1. The molecule has 0 N–H and O–H groups in total. The van der Waals surface area contributed by atoms with Gasteiger partial charge in [0.2, 0.25) is 0 Å². The predicted molar refractivity (Wildman–Crippen MR) is 42.7 cm³/mol. The first-order valence-electron chi connectivity index (χ1n) is 3.68. The van der Waals surface area contributed by atoms with Gasteiger partial charge in [-0.15, -0.1) is 3.69 Å². The van der Waals surface area contributed by atoms with Gasteiger partial charge in [0.05, 0.1) is 6.93 Å². The van der Waals surface area contributed by atoms with Gasteiger partial charge in [-0.2, -0.15) is 13.2 Å². The van der Waals surface area contributed by atoms with Gasteiger partial charge in [-0.3, -0.25) is 0 Å². The molecule has 0 bridgehead atoms. The second-order valence-electron chi connectivity index (χ2n) is 2.22. The zero-order valence-corrected chi connectivity index (χ0v) is 8.12. The molecule has 0 unspecified atom stereocenters. The van der Waals surface area contributed by atoms with Gasteiger partial charge in [0.15, 0.2) is 0 Å². The Bertz CT molecular complexity index is 313. The van der Waals surface area contributed by atoms with Crippen LogP contribution >= 0.6 is 9.07 Å². The van der Waals surface area contributed by atoms with Gasteiger partial charge in [-0.25, -0.2) is 0 Å². The zero-order valence-electron chi connectivity index (χ0n) is 6.95. The first kappa shape index (κ1) is 8.66. The summed E-state index contributed by atoms with van der Waals surface area (Å²) >= 11 is -1.23. The first-order chi connectivity index (χ1) is 5.96. The van der Waals surface area contributed by atoms with Gasteiger partial charge in [0.1, 0.15) is 0 Å². The number of hydrogen-bond acceptors (Lipinski definition) is 0. The fourth-order valence-corrected chi connectivity index (χ4v) is 1.71. The van der Waals surface area contributed by atoms with Crippen molar-refractivity contribution < 1.29 is 14.5 Å². The lowest BCUT2D eigenvalue weighted by atomic mass is 10.2. The Morgan fingerprint density at radius 3 is 2.58 bits per heavy atom. The molecule has 12 heavy (non-hydrogen) atoms. The predicted octanol–water partition coefficient (Wildman–Crippen LogP) is 2.19. The minimum Gasteiger partial charge on any atom is -0.336 e. The highest BCUT2D eigenvalue weighted by Gasteiger charge is 2.30. The lowest BCUT2D eigenvalue weighted by Gasteiger charge is -2.06. The summed E-state index contributed by atoms with van der Waals surface area (Å²) < 4.78 is 44.2. The van der Waals surface area contributed by atoms with Crippen LogP contribution in [0.15, 0.2) is 24.2 Å². The Kier molecular flexibility index (Phi) is 2.78. The van der Waals surface area contributed by atoms with E-state index in [4.69, 9.17) is 10.4 Å². The molecule has 62 valence electrons. The largest absolute Gasteiger partial charge is 0.538 e. The highest BCUT2D eigenvalue weighted by Crippen LogP contribution is 2.27. The van der Waals surface area contributed by atoms with Crippen LogP contribution in [-0.4, -0.2) is 19.3 Å². The molecule has 5 heteroatoms. The molecule has 0 atom stereocenters. The summed E-state index contributed by atoms with van der Waals surface area (Å²) in [5.41, 5.74) is -0.904. The number of rotatable bonds is 1. The van der Waals surface area contributed by atoms with Gasteiger partial charge < -0.3 is 9.07 Å². The number of halogens is 4. The van der Waals surface area contributed by atoms with Gasteiger partial charge in [-0.1, -0.05) is 24.2 Å². The standard InChI is InChI=1S/C7H4F3.ClH.Mg/c8-7(9,10)6-4-2-1-3-5-6;;/h1-2,4-5H;1H;/q;;+1/p-1/i5D;;. The molecular weight excluding hydrogens is 201 g/mol. The second kappa shape index (κ2) is 3.85. The van der Waals surface area contributed by atoms with Crippen molar-refractivity contribution in [2.24, 2.45) is 0 Å². The van der Waals surface area contributed by atoms with Crippen molar-refractivity contribution in [3.05, 3.63) is 29.8 Å². The van der Waals surface area contributed by atoms with Crippen LogP contribution in [0.3, 0.4) is 0 Å². The molecule has 0 heterocycles. The summed E-state index contributed by atoms with van der Waals surface area (Å²) in [6.45, 7) is 0. The third kappa shape index (κ3) is 2.54. The Morgan fingerprint density at radius 1 is 1.42 bits per heavy atom. The van der Waals surface area contributed by atoms with Crippen LogP contribution in [0.2, 0.25) is 0 Å². The molecule has 0 saturated heterocycles. The van der Waals surface area contributed by atoms with E-state index in [-0.39, 0.29) is 0 Å². The Morgan fingerprint density at radius 2 is 2.08 bits per heavy atom. The van der Waals surface area contributed by atoms with Gasteiger partial charge in [0.25, 0.3) is 0 Å². The summed E-state index contributed by atoms with van der Waals surface area (Å²) in [4.78, 5) is 0. The Hall–Kier alpha value is 0.0662. The smallest absolute Gasteiger partial charge is 0.336 e. The number of hydrogen-bond donors (Lipinski definition) is 0. The fourth-order valence-electron chi connectivity index (χ4n) is 0.760. The monoisotopic (exact) mass is 205 g/mol. The van der Waals surface area contributed by atoms with Crippen LogP contribution in [0.4, 0.5) is 13.2 Å². The molecule has 0 spiro atoms. The average molecular weight is 206 g/mol. The van der Waals surface area contributed by atoms with Crippen LogP contribution in [0, 0.1) is 0 Å². The summed E-state index contributed by atoms with van der Waals surface area (Å²) in [7, 11) is 5.51. The SMILES string of the molecule is [2H]c1[c]([Mg][Cl])cccc1C(F)(F)F. The molecule has 0 amide bonds.